The number of sulfonamides is 1. The second-order valence-corrected chi connectivity index (χ2v) is 7.00. The van der Waals surface area contributed by atoms with Gasteiger partial charge in [-0.3, -0.25) is 4.79 Å². The van der Waals surface area contributed by atoms with E-state index in [4.69, 9.17) is 5.14 Å². The zero-order valence-corrected chi connectivity index (χ0v) is 13.6. The normalized spacial score (nSPS) is 11.4. The largest absolute Gasteiger partial charge is 0.326 e. The molecule has 3 rings (SSSR count). The number of nitrogens with two attached hydrogens (primary N) is 1. The van der Waals surface area contributed by atoms with Crippen LogP contribution in [0.2, 0.25) is 0 Å². The molecule has 0 spiro atoms. The number of hydrogen-bond acceptors (Lipinski definition) is 3. The zero-order chi connectivity index (χ0) is 17.2. The first kappa shape index (κ1) is 16.2. The van der Waals surface area contributed by atoms with Crippen molar-refractivity contribution < 1.29 is 13.2 Å². The van der Waals surface area contributed by atoms with Crippen LogP contribution in [0.4, 0.5) is 5.69 Å². The van der Waals surface area contributed by atoms with E-state index in [1.54, 1.807) is 6.07 Å². The van der Waals surface area contributed by atoms with E-state index in [1.165, 1.54) is 18.2 Å². The first-order chi connectivity index (χ1) is 11.4. The summed E-state index contributed by atoms with van der Waals surface area (Å²) in [5.74, 6) is -0.224. The summed E-state index contributed by atoms with van der Waals surface area (Å²) in [6.45, 7) is 0. The molecule has 0 aliphatic rings. The molecule has 6 heteroatoms. The van der Waals surface area contributed by atoms with Crippen molar-refractivity contribution in [2.24, 2.45) is 5.14 Å². The van der Waals surface area contributed by atoms with Crippen molar-refractivity contribution in [3.63, 3.8) is 0 Å². The van der Waals surface area contributed by atoms with E-state index in [0.29, 0.717) is 5.69 Å². The molecule has 0 unspecified atom stereocenters. The van der Waals surface area contributed by atoms with Crippen LogP contribution >= 0.6 is 0 Å². The first-order valence-corrected chi connectivity index (χ1v) is 8.87. The minimum atomic E-state index is -3.80. The van der Waals surface area contributed by atoms with Gasteiger partial charge in [0.1, 0.15) is 0 Å². The highest BCUT2D eigenvalue weighted by Crippen LogP contribution is 2.20. The molecular formula is C18H16N2O3S. The highest BCUT2D eigenvalue weighted by molar-refractivity contribution is 7.89. The number of primary sulfonamides is 1. The Bertz CT molecular complexity index is 1010. The molecular weight excluding hydrogens is 324 g/mol. The fourth-order valence-electron chi connectivity index (χ4n) is 2.58. The number of carbonyl (C=O) groups excluding carboxylic acids is 1. The minimum Gasteiger partial charge on any atom is -0.326 e. The van der Waals surface area contributed by atoms with Crippen LogP contribution < -0.4 is 10.5 Å². The molecule has 0 saturated heterocycles. The van der Waals surface area contributed by atoms with Crippen LogP contribution in [0.25, 0.3) is 10.8 Å². The van der Waals surface area contributed by atoms with Gasteiger partial charge in [-0.05, 0) is 34.5 Å². The summed E-state index contributed by atoms with van der Waals surface area (Å²) in [6, 6.07) is 19.5. The van der Waals surface area contributed by atoms with Gasteiger partial charge in [-0.15, -0.1) is 0 Å². The monoisotopic (exact) mass is 340 g/mol. The highest BCUT2D eigenvalue weighted by Gasteiger charge is 2.11. The summed E-state index contributed by atoms with van der Waals surface area (Å²) in [5, 5.41) is 9.90. The first-order valence-electron chi connectivity index (χ1n) is 7.33. The van der Waals surface area contributed by atoms with E-state index in [-0.39, 0.29) is 17.2 Å². The maximum absolute atomic E-state index is 12.3. The molecule has 1 amide bonds. The molecule has 0 bridgehead atoms. The van der Waals surface area contributed by atoms with Crippen molar-refractivity contribution in [2.45, 2.75) is 11.3 Å². The van der Waals surface area contributed by atoms with E-state index in [0.717, 1.165) is 16.3 Å². The van der Waals surface area contributed by atoms with Gasteiger partial charge in [0.15, 0.2) is 0 Å². The number of anilines is 1. The third-order valence-corrected chi connectivity index (χ3v) is 4.59. The number of rotatable bonds is 4. The predicted molar refractivity (Wildman–Crippen MR) is 94.1 cm³/mol. The summed E-state index contributed by atoms with van der Waals surface area (Å²) in [4.78, 5) is 12.3. The lowest BCUT2D eigenvalue weighted by atomic mass is 10.0. The van der Waals surface area contributed by atoms with Crippen LogP contribution in [0.3, 0.4) is 0 Å². The number of benzene rings is 3. The third kappa shape index (κ3) is 3.61. The van der Waals surface area contributed by atoms with Crippen LogP contribution in [-0.2, 0) is 21.2 Å². The van der Waals surface area contributed by atoms with Gasteiger partial charge in [0, 0.05) is 5.69 Å². The van der Waals surface area contributed by atoms with Gasteiger partial charge in [-0.25, -0.2) is 13.6 Å². The van der Waals surface area contributed by atoms with Crippen molar-refractivity contribution in [1.29, 1.82) is 0 Å². The van der Waals surface area contributed by atoms with Gasteiger partial charge in [0.2, 0.25) is 15.9 Å². The number of hydrogen-bond donors (Lipinski definition) is 2. The number of amides is 1. The standard InChI is InChI=1S/C18H16N2O3S/c19-24(22,23)16-9-4-8-15(12-16)20-18(21)11-14-7-3-6-13-5-1-2-10-17(13)14/h1-10,12H,11H2,(H,20,21)(H2,19,22,23). The van der Waals surface area contributed by atoms with Gasteiger partial charge in [0.25, 0.3) is 0 Å². The van der Waals surface area contributed by atoms with E-state index in [2.05, 4.69) is 5.32 Å². The lowest BCUT2D eigenvalue weighted by Gasteiger charge is -2.09. The molecule has 24 heavy (non-hydrogen) atoms. The topological polar surface area (TPSA) is 89.3 Å². The van der Waals surface area contributed by atoms with Crippen LogP contribution in [0.1, 0.15) is 5.56 Å². The van der Waals surface area contributed by atoms with E-state index in [9.17, 15) is 13.2 Å². The molecule has 0 radical (unpaired) electrons. The lowest BCUT2D eigenvalue weighted by molar-refractivity contribution is -0.115. The summed E-state index contributed by atoms with van der Waals surface area (Å²) >= 11 is 0. The Morgan fingerprint density at radius 1 is 0.958 bits per heavy atom. The average molecular weight is 340 g/mol. The lowest BCUT2D eigenvalue weighted by Crippen LogP contribution is -2.16. The Kier molecular flexibility index (Phi) is 4.33. The molecule has 0 aromatic heterocycles. The highest BCUT2D eigenvalue weighted by atomic mass is 32.2. The Labute approximate surface area is 140 Å². The van der Waals surface area contributed by atoms with Crippen molar-refractivity contribution >= 4 is 32.4 Å². The van der Waals surface area contributed by atoms with E-state index < -0.39 is 10.0 Å². The van der Waals surface area contributed by atoms with Crippen molar-refractivity contribution in [3.05, 3.63) is 72.3 Å². The average Bonchev–Trinajstić information content (AvgIpc) is 2.54. The fraction of sp³-hybridized carbons (Fsp3) is 0.0556. The second-order valence-electron chi connectivity index (χ2n) is 5.44. The maximum atomic E-state index is 12.3. The maximum Gasteiger partial charge on any atom is 0.238 e. The summed E-state index contributed by atoms with van der Waals surface area (Å²) in [7, 11) is -3.80. The third-order valence-electron chi connectivity index (χ3n) is 3.68. The van der Waals surface area contributed by atoms with Gasteiger partial charge < -0.3 is 5.32 Å². The number of nitrogens with one attached hydrogen (secondary N) is 1. The second kappa shape index (κ2) is 6.43. The summed E-state index contributed by atoms with van der Waals surface area (Å²) < 4.78 is 22.7. The smallest absolute Gasteiger partial charge is 0.238 e. The van der Waals surface area contributed by atoms with Gasteiger partial charge in [-0.2, -0.15) is 0 Å². The SMILES string of the molecule is NS(=O)(=O)c1cccc(NC(=O)Cc2cccc3ccccc23)c1. The molecule has 0 atom stereocenters. The molecule has 0 aliphatic heterocycles. The zero-order valence-electron chi connectivity index (χ0n) is 12.8. The molecule has 0 aliphatic carbocycles. The Hall–Kier alpha value is -2.70. The molecule has 3 aromatic carbocycles. The van der Waals surface area contributed by atoms with Crippen molar-refractivity contribution in [1.82, 2.24) is 0 Å². The fourth-order valence-corrected chi connectivity index (χ4v) is 3.14. The van der Waals surface area contributed by atoms with Crippen molar-refractivity contribution in [2.75, 3.05) is 5.32 Å². The molecule has 0 fully saturated rings. The summed E-state index contributed by atoms with van der Waals surface area (Å²) in [6.07, 6.45) is 0.195. The molecule has 3 N–H and O–H groups in total. The van der Waals surface area contributed by atoms with Crippen LogP contribution in [0, 0.1) is 0 Å². The Morgan fingerprint density at radius 3 is 2.46 bits per heavy atom. The van der Waals surface area contributed by atoms with Gasteiger partial charge in [-0.1, -0.05) is 48.5 Å². The summed E-state index contributed by atoms with van der Waals surface area (Å²) in [5.41, 5.74) is 1.31. The number of carbonyl (C=O) groups is 1. The molecule has 0 heterocycles. The predicted octanol–water partition coefficient (Wildman–Crippen LogP) is 2.67. The van der Waals surface area contributed by atoms with Crippen LogP contribution in [-0.4, -0.2) is 14.3 Å². The Balaban J connectivity index is 1.81. The van der Waals surface area contributed by atoms with E-state index in [1.807, 2.05) is 42.5 Å². The van der Waals surface area contributed by atoms with Gasteiger partial charge in [0.05, 0.1) is 11.3 Å². The molecule has 3 aromatic rings. The van der Waals surface area contributed by atoms with Crippen molar-refractivity contribution in [3.8, 4) is 0 Å². The Morgan fingerprint density at radius 2 is 1.67 bits per heavy atom. The quantitative estimate of drug-likeness (QED) is 0.765. The van der Waals surface area contributed by atoms with Crippen LogP contribution in [0.5, 0.6) is 0 Å². The van der Waals surface area contributed by atoms with Gasteiger partial charge >= 0.3 is 0 Å². The molecule has 122 valence electrons. The number of fused-ring (bicyclic) bond motifs is 1. The van der Waals surface area contributed by atoms with E-state index >= 15 is 0 Å². The molecule has 5 nitrogen and oxygen atoms in total. The minimum absolute atomic E-state index is 0.0366. The molecule has 0 saturated carbocycles. The van der Waals surface area contributed by atoms with Crippen LogP contribution in [0.15, 0.2) is 71.6 Å².